The third-order valence-electron chi connectivity index (χ3n) is 1.15. The normalized spacial score (nSPS) is 12.5. The molecule has 0 spiro atoms. The van der Waals surface area contributed by atoms with Crippen LogP contribution < -0.4 is 11.1 Å². The van der Waals surface area contributed by atoms with E-state index < -0.39 is 0 Å². The lowest BCUT2D eigenvalue weighted by Crippen LogP contribution is -2.38. The van der Waals surface area contributed by atoms with Gasteiger partial charge in [0.1, 0.15) is 6.29 Å². The first-order chi connectivity index (χ1) is 5.24. The van der Waals surface area contributed by atoms with Crippen LogP contribution in [0.25, 0.3) is 0 Å². The van der Waals surface area contributed by atoms with Gasteiger partial charge in [0.25, 0.3) is 0 Å². The number of thiol groups is 1. The Bertz CT molecular complexity index is 141. The maximum atomic E-state index is 10.6. The van der Waals surface area contributed by atoms with Gasteiger partial charge in [-0.15, -0.1) is 0 Å². The number of nitrogens with one attached hydrogen (secondary N) is 1. The smallest absolute Gasteiger partial charge is 0.160 e. The molecule has 64 valence electrons. The minimum atomic E-state index is -0.353. The van der Waals surface area contributed by atoms with Gasteiger partial charge in [0.05, 0.1) is 19.1 Å². The Balaban J connectivity index is 3.50. The summed E-state index contributed by atoms with van der Waals surface area (Å²) >= 11 is 3.89. The van der Waals surface area contributed by atoms with Crippen LogP contribution in [0.3, 0.4) is 0 Å². The molecule has 5 heteroatoms. The van der Waals surface area contributed by atoms with Crippen molar-refractivity contribution in [1.82, 2.24) is 5.32 Å². The van der Waals surface area contributed by atoms with E-state index in [9.17, 15) is 9.59 Å². The fourth-order valence-electron chi connectivity index (χ4n) is 0.473. The minimum Gasteiger partial charge on any atom is -0.324 e. The Morgan fingerprint density at radius 3 is 2.73 bits per heavy atom. The Kier molecular flexibility index (Phi) is 6.10. The first-order valence-corrected chi connectivity index (χ1v) is 3.89. The molecule has 0 saturated carbocycles. The summed E-state index contributed by atoms with van der Waals surface area (Å²) in [4.78, 5) is 20.8. The van der Waals surface area contributed by atoms with E-state index in [4.69, 9.17) is 5.73 Å². The van der Waals surface area contributed by atoms with E-state index in [0.29, 0.717) is 5.75 Å². The first kappa shape index (κ1) is 10.6. The molecule has 0 saturated heterocycles. The molecule has 11 heavy (non-hydrogen) atoms. The summed E-state index contributed by atoms with van der Waals surface area (Å²) in [6, 6.07) is -0.353. The number of nitrogens with two attached hydrogens (primary N) is 1. The predicted octanol–water partition coefficient (Wildman–Crippen LogP) is -1.40. The second kappa shape index (κ2) is 6.33. The van der Waals surface area contributed by atoms with E-state index in [1.54, 1.807) is 0 Å². The van der Waals surface area contributed by atoms with E-state index in [1.807, 2.05) is 0 Å². The zero-order valence-electron chi connectivity index (χ0n) is 6.12. The SMILES string of the molecule is NCC(=O)CN[C@@H](C=O)CS. The average molecular weight is 176 g/mol. The van der Waals surface area contributed by atoms with Gasteiger partial charge >= 0.3 is 0 Å². The van der Waals surface area contributed by atoms with E-state index in [1.165, 1.54) is 0 Å². The van der Waals surface area contributed by atoms with Gasteiger partial charge in [-0.1, -0.05) is 0 Å². The molecule has 0 fully saturated rings. The number of rotatable bonds is 6. The maximum absolute atomic E-state index is 10.6. The summed E-state index contributed by atoms with van der Waals surface area (Å²) in [6.07, 6.45) is 0.719. The molecule has 3 N–H and O–H groups in total. The quantitative estimate of drug-likeness (QED) is 0.344. The number of hydrogen-bond acceptors (Lipinski definition) is 5. The lowest BCUT2D eigenvalue weighted by molar-refractivity contribution is -0.117. The predicted molar refractivity (Wildman–Crippen MR) is 45.8 cm³/mol. The monoisotopic (exact) mass is 176 g/mol. The van der Waals surface area contributed by atoms with Crippen LogP contribution in [0, 0.1) is 0 Å². The van der Waals surface area contributed by atoms with Crippen molar-refractivity contribution in [1.29, 1.82) is 0 Å². The van der Waals surface area contributed by atoms with Crippen LogP contribution in [0.5, 0.6) is 0 Å². The first-order valence-electron chi connectivity index (χ1n) is 3.26. The van der Waals surface area contributed by atoms with Crippen LogP contribution in [0.1, 0.15) is 0 Å². The molecule has 0 radical (unpaired) electrons. The third-order valence-corrected chi connectivity index (χ3v) is 1.54. The molecule has 0 aliphatic heterocycles. The van der Waals surface area contributed by atoms with Crippen LogP contribution in [-0.2, 0) is 9.59 Å². The summed E-state index contributed by atoms with van der Waals surface area (Å²) in [5, 5.41) is 2.70. The second-order valence-corrected chi connectivity index (χ2v) is 2.41. The van der Waals surface area contributed by atoms with Crippen molar-refractivity contribution in [2.24, 2.45) is 5.73 Å². The molecule has 0 aromatic heterocycles. The molecule has 0 unspecified atom stereocenters. The molecule has 4 nitrogen and oxygen atoms in total. The fourth-order valence-corrected chi connectivity index (χ4v) is 0.688. The second-order valence-electron chi connectivity index (χ2n) is 2.05. The highest BCUT2D eigenvalue weighted by molar-refractivity contribution is 7.80. The molecule has 0 heterocycles. The summed E-state index contributed by atoms with van der Waals surface area (Å²) < 4.78 is 0. The van der Waals surface area contributed by atoms with Gasteiger partial charge in [-0.05, 0) is 0 Å². The van der Waals surface area contributed by atoms with Crippen molar-refractivity contribution in [3.63, 3.8) is 0 Å². The zero-order chi connectivity index (χ0) is 8.69. The van der Waals surface area contributed by atoms with Crippen molar-refractivity contribution in [3.8, 4) is 0 Å². The summed E-state index contributed by atoms with van der Waals surface area (Å²) in [5.41, 5.74) is 5.04. The van der Waals surface area contributed by atoms with Gasteiger partial charge in [0, 0.05) is 5.75 Å². The molecule has 0 aliphatic rings. The van der Waals surface area contributed by atoms with E-state index >= 15 is 0 Å². The largest absolute Gasteiger partial charge is 0.324 e. The van der Waals surface area contributed by atoms with Crippen molar-refractivity contribution in [3.05, 3.63) is 0 Å². The highest BCUT2D eigenvalue weighted by Gasteiger charge is 2.05. The molecule has 0 rings (SSSR count). The highest BCUT2D eigenvalue weighted by Crippen LogP contribution is 1.81. The molecular formula is C6H12N2O2S. The number of aldehydes is 1. The minimum absolute atomic E-state index is 0.00511. The lowest BCUT2D eigenvalue weighted by Gasteiger charge is -2.07. The van der Waals surface area contributed by atoms with Crippen LogP contribution >= 0.6 is 12.6 Å². The van der Waals surface area contributed by atoms with Crippen LogP contribution in [0.4, 0.5) is 0 Å². The maximum Gasteiger partial charge on any atom is 0.160 e. The molecule has 0 aliphatic carbocycles. The van der Waals surface area contributed by atoms with Gasteiger partial charge < -0.3 is 15.8 Å². The van der Waals surface area contributed by atoms with Gasteiger partial charge in [0.15, 0.2) is 5.78 Å². The number of carbonyl (C=O) groups is 2. The highest BCUT2D eigenvalue weighted by atomic mass is 32.1. The summed E-state index contributed by atoms with van der Waals surface area (Å²) in [7, 11) is 0. The van der Waals surface area contributed by atoms with Crippen LogP contribution in [0.15, 0.2) is 0 Å². The Hall–Kier alpha value is -0.390. The Morgan fingerprint density at radius 1 is 1.73 bits per heavy atom. The van der Waals surface area contributed by atoms with Gasteiger partial charge in [0.2, 0.25) is 0 Å². The fraction of sp³-hybridized carbons (Fsp3) is 0.667. The van der Waals surface area contributed by atoms with Crippen LogP contribution in [-0.4, -0.2) is 37.0 Å². The molecular weight excluding hydrogens is 164 g/mol. The molecule has 0 amide bonds. The number of ketones is 1. The lowest BCUT2D eigenvalue weighted by atomic mass is 10.3. The van der Waals surface area contributed by atoms with Gasteiger partial charge in [-0.3, -0.25) is 4.79 Å². The van der Waals surface area contributed by atoms with Crippen molar-refractivity contribution in [2.45, 2.75) is 6.04 Å². The molecule has 0 aromatic rings. The zero-order valence-corrected chi connectivity index (χ0v) is 7.01. The number of carbonyl (C=O) groups excluding carboxylic acids is 2. The number of hydrogen-bond donors (Lipinski definition) is 3. The standard InChI is InChI=1S/C6H12N2O2S/c7-1-6(10)2-8-5(3-9)4-11/h3,5,8,11H,1-2,4,7H2/t5-/m0/s1. The van der Waals surface area contributed by atoms with E-state index in [0.717, 1.165) is 6.29 Å². The third kappa shape index (κ3) is 4.94. The number of Topliss-reactive ketones (excluding diaryl/α,β-unsaturated/α-hetero) is 1. The van der Waals surface area contributed by atoms with Crippen molar-refractivity contribution in [2.75, 3.05) is 18.8 Å². The van der Waals surface area contributed by atoms with E-state index in [-0.39, 0.29) is 24.9 Å². The summed E-state index contributed by atoms with van der Waals surface area (Å²) in [5.74, 6) is 0.278. The van der Waals surface area contributed by atoms with E-state index in [2.05, 4.69) is 17.9 Å². The van der Waals surface area contributed by atoms with Crippen molar-refractivity contribution < 1.29 is 9.59 Å². The summed E-state index contributed by atoms with van der Waals surface area (Å²) in [6.45, 7) is 0.144. The van der Waals surface area contributed by atoms with Crippen LogP contribution in [0.2, 0.25) is 0 Å². The molecule has 0 bridgehead atoms. The van der Waals surface area contributed by atoms with Gasteiger partial charge in [-0.25, -0.2) is 0 Å². The van der Waals surface area contributed by atoms with Crippen molar-refractivity contribution >= 4 is 24.7 Å². The molecule has 1 atom stereocenters. The topological polar surface area (TPSA) is 72.2 Å². The van der Waals surface area contributed by atoms with Gasteiger partial charge in [-0.2, -0.15) is 12.6 Å². The Labute approximate surface area is 70.9 Å². The molecule has 0 aromatic carbocycles. The average Bonchev–Trinajstić information content (AvgIpc) is 2.06. The Morgan fingerprint density at radius 2 is 2.36 bits per heavy atom.